The molecule has 2 rings (SSSR count). The lowest BCUT2D eigenvalue weighted by atomic mass is 10.1. The molecule has 1 atom stereocenters. The van der Waals surface area contributed by atoms with Crippen LogP contribution in [0.3, 0.4) is 0 Å². The van der Waals surface area contributed by atoms with E-state index in [1.54, 1.807) is 0 Å². The number of hydrogen-bond acceptors (Lipinski definition) is 2. The molecule has 86 valence electrons. The van der Waals surface area contributed by atoms with Gasteiger partial charge in [0.15, 0.2) is 0 Å². The topological polar surface area (TPSA) is 21.1 Å². The Hall–Kier alpha value is -1.06. The van der Waals surface area contributed by atoms with Gasteiger partial charge in [-0.05, 0) is 31.8 Å². The fraction of sp³-hybridized carbons (Fsp3) is 0.417. The van der Waals surface area contributed by atoms with Crippen LogP contribution in [0.4, 0.5) is 0 Å². The quantitative estimate of drug-likeness (QED) is 0.765. The molecular formula is C12H16ClN3. The van der Waals surface area contributed by atoms with Gasteiger partial charge in [0, 0.05) is 13.6 Å². The van der Waals surface area contributed by atoms with Gasteiger partial charge in [-0.3, -0.25) is 0 Å². The van der Waals surface area contributed by atoms with Gasteiger partial charge in [0.25, 0.3) is 0 Å². The second-order valence-corrected chi connectivity index (χ2v) is 4.86. The van der Waals surface area contributed by atoms with Crippen LogP contribution in [0.15, 0.2) is 24.5 Å². The number of likely N-dealkylation sites (N-methyl/N-ethyl adjacent to an activating group) is 1. The Balaban J connectivity index is 2.32. The molecule has 0 bridgehead atoms. The van der Waals surface area contributed by atoms with Gasteiger partial charge < -0.3 is 9.47 Å². The molecular weight excluding hydrogens is 222 g/mol. The van der Waals surface area contributed by atoms with Gasteiger partial charge in [0.2, 0.25) is 0 Å². The van der Waals surface area contributed by atoms with Gasteiger partial charge >= 0.3 is 0 Å². The lowest BCUT2D eigenvalue weighted by Gasteiger charge is -2.15. The number of alkyl halides is 1. The van der Waals surface area contributed by atoms with Gasteiger partial charge in [0.1, 0.15) is 0 Å². The zero-order valence-electron chi connectivity index (χ0n) is 9.81. The van der Waals surface area contributed by atoms with Crippen molar-refractivity contribution in [2.75, 3.05) is 20.6 Å². The van der Waals surface area contributed by atoms with E-state index in [4.69, 9.17) is 11.6 Å². The molecule has 1 unspecified atom stereocenters. The summed E-state index contributed by atoms with van der Waals surface area (Å²) in [6.45, 7) is 0.833. The minimum absolute atomic E-state index is 0.0152. The Labute approximate surface area is 101 Å². The van der Waals surface area contributed by atoms with Crippen molar-refractivity contribution in [1.29, 1.82) is 0 Å². The van der Waals surface area contributed by atoms with Gasteiger partial charge in [-0.15, -0.1) is 11.6 Å². The third kappa shape index (κ3) is 2.20. The number of fused-ring (bicyclic) bond motifs is 1. The fourth-order valence-electron chi connectivity index (χ4n) is 1.77. The predicted octanol–water partition coefficient (Wildman–Crippen LogP) is 2.41. The highest BCUT2D eigenvalue weighted by molar-refractivity contribution is 6.21. The smallest absolute Gasteiger partial charge is 0.0955 e. The average molecular weight is 238 g/mol. The SMILES string of the molecule is CN(C)CC(Cl)c1ccc2c(c1)ncn2C. The summed E-state index contributed by atoms with van der Waals surface area (Å²) >= 11 is 6.33. The first-order chi connectivity index (χ1) is 7.58. The van der Waals surface area contributed by atoms with Crippen LogP contribution in [0.25, 0.3) is 11.0 Å². The van der Waals surface area contributed by atoms with Crippen molar-refractivity contribution in [3.8, 4) is 0 Å². The van der Waals surface area contributed by atoms with Crippen molar-refractivity contribution in [3.63, 3.8) is 0 Å². The van der Waals surface area contributed by atoms with E-state index in [2.05, 4.69) is 28.1 Å². The largest absolute Gasteiger partial charge is 0.334 e. The highest BCUT2D eigenvalue weighted by atomic mass is 35.5. The zero-order chi connectivity index (χ0) is 11.7. The third-order valence-corrected chi connectivity index (χ3v) is 3.03. The monoisotopic (exact) mass is 237 g/mol. The number of nitrogens with zero attached hydrogens (tertiary/aromatic N) is 3. The van der Waals surface area contributed by atoms with Crippen molar-refractivity contribution in [1.82, 2.24) is 14.5 Å². The van der Waals surface area contributed by atoms with Gasteiger partial charge in [0.05, 0.1) is 22.7 Å². The summed E-state index contributed by atoms with van der Waals surface area (Å²) in [6, 6.07) is 6.21. The molecule has 16 heavy (non-hydrogen) atoms. The first kappa shape index (κ1) is 11.4. The molecule has 2 aromatic rings. The molecule has 0 aliphatic heterocycles. The molecule has 0 fully saturated rings. The molecule has 0 aliphatic carbocycles. The van der Waals surface area contributed by atoms with E-state index < -0.39 is 0 Å². The van der Waals surface area contributed by atoms with Crippen molar-refractivity contribution >= 4 is 22.6 Å². The molecule has 1 aromatic carbocycles. The van der Waals surface area contributed by atoms with Gasteiger partial charge in [-0.25, -0.2) is 4.98 Å². The number of aromatic nitrogens is 2. The molecule has 0 saturated heterocycles. The maximum atomic E-state index is 6.33. The van der Waals surface area contributed by atoms with E-state index in [0.717, 1.165) is 23.1 Å². The lowest BCUT2D eigenvalue weighted by Crippen LogP contribution is -2.17. The first-order valence-electron chi connectivity index (χ1n) is 5.27. The molecule has 0 amide bonds. The fourth-order valence-corrected chi connectivity index (χ4v) is 2.19. The minimum atomic E-state index is 0.0152. The molecule has 1 heterocycles. The van der Waals surface area contributed by atoms with E-state index in [1.165, 1.54) is 0 Å². The Kier molecular flexibility index (Phi) is 3.17. The molecule has 3 nitrogen and oxygen atoms in total. The van der Waals surface area contributed by atoms with Crippen LogP contribution in [-0.4, -0.2) is 35.1 Å². The van der Waals surface area contributed by atoms with Crippen molar-refractivity contribution in [2.45, 2.75) is 5.38 Å². The van der Waals surface area contributed by atoms with Crippen molar-refractivity contribution in [3.05, 3.63) is 30.1 Å². The second kappa shape index (κ2) is 4.44. The van der Waals surface area contributed by atoms with Crippen molar-refractivity contribution in [2.24, 2.45) is 7.05 Å². The molecule has 0 N–H and O–H groups in total. The summed E-state index contributed by atoms with van der Waals surface area (Å²) in [5.41, 5.74) is 3.27. The van der Waals surface area contributed by atoms with Crippen LogP contribution in [-0.2, 0) is 7.05 Å². The standard InChI is InChI=1S/C12H16ClN3/c1-15(2)7-10(13)9-4-5-12-11(6-9)14-8-16(12)3/h4-6,8,10H,7H2,1-3H3. The van der Waals surface area contributed by atoms with E-state index in [1.807, 2.05) is 32.0 Å². The van der Waals surface area contributed by atoms with Crippen LogP contribution in [0.5, 0.6) is 0 Å². The molecule has 0 radical (unpaired) electrons. The molecule has 0 saturated carbocycles. The normalized spacial score (nSPS) is 13.6. The summed E-state index contributed by atoms with van der Waals surface area (Å²) in [6.07, 6.45) is 1.82. The van der Waals surface area contributed by atoms with Crippen molar-refractivity contribution < 1.29 is 0 Å². The molecule has 0 aliphatic rings. The summed E-state index contributed by atoms with van der Waals surface area (Å²) in [4.78, 5) is 6.41. The van der Waals surface area contributed by atoms with E-state index in [0.29, 0.717) is 0 Å². The average Bonchev–Trinajstić information content (AvgIpc) is 2.59. The Bertz CT molecular complexity index is 490. The van der Waals surface area contributed by atoms with E-state index in [9.17, 15) is 0 Å². The maximum Gasteiger partial charge on any atom is 0.0955 e. The predicted molar refractivity (Wildman–Crippen MR) is 67.9 cm³/mol. The number of imidazole rings is 1. The second-order valence-electron chi connectivity index (χ2n) is 4.33. The summed E-state index contributed by atoms with van der Waals surface area (Å²) < 4.78 is 2.01. The van der Waals surface area contributed by atoms with Crippen LogP contribution in [0.1, 0.15) is 10.9 Å². The number of benzene rings is 1. The Morgan fingerprint density at radius 1 is 1.44 bits per heavy atom. The zero-order valence-corrected chi connectivity index (χ0v) is 10.6. The third-order valence-electron chi connectivity index (χ3n) is 2.64. The van der Waals surface area contributed by atoms with Crippen LogP contribution < -0.4 is 0 Å². The van der Waals surface area contributed by atoms with E-state index >= 15 is 0 Å². The summed E-state index contributed by atoms with van der Waals surface area (Å²) in [5.74, 6) is 0. The number of rotatable bonds is 3. The first-order valence-corrected chi connectivity index (χ1v) is 5.71. The highest BCUT2D eigenvalue weighted by Crippen LogP contribution is 2.24. The Morgan fingerprint density at radius 2 is 2.19 bits per heavy atom. The molecule has 4 heteroatoms. The summed E-state index contributed by atoms with van der Waals surface area (Å²) in [7, 11) is 6.04. The summed E-state index contributed by atoms with van der Waals surface area (Å²) in [5, 5.41) is 0.0152. The number of hydrogen-bond donors (Lipinski definition) is 0. The van der Waals surface area contributed by atoms with Crippen LogP contribution >= 0.6 is 11.6 Å². The van der Waals surface area contributed by atoms with Crippen LogP contribution in [0, 0.1) is 0 Å². The molecule has 1 aromatic heterocycles. The Morgan fingerprint density at radius 3 is 2.88 bits per heavy atom. The van der Waals surface area contributed by atoms with E-state index in [-0.39, 0.29) is 5.38 Å². The number of aryl methyl sites for hydroxylation is 1. The van der Waals surface area contributed by atoms with Crippen LogP contribution in [0.2, 0.25) is 0 Å². The van der Waals surface area contributed by atoms with Gasteiger partial charge in [-0.1, -0.05) is 6.07 Å². The number of halogens is 1. The lowest BCUT2D eigenvalue weighted by molar-refractivity contribution is 0.408. The minimum Gasteiger partial charge on any atom is -0.334 e. The highest BCUT2D eigenvalue weighted by Gasteiger charge is 2.10. The van der Waals surface area contributed by atoms with Gasteiger partial charge in [-0.2, -0.15) is 0 Å². The maximum absolute atomic E-state index is 6.33. The molecule has 0 spiro atoms.